The predicted octanol–water partition coefficient (Wildman–Crippen LogP) is 3.07. The van der Waals surface area contributed by atoms with Crippen molar-refractivity contribution in [3.8, 4) is 0 Å². The monoisotopic (exact) mass is 348 g/mol. The first-order valence-corrected chi connectivity index (χ1v) is 9.92. The molecule has 1 aliphatic carbocycles. The Morgan fingerprint density at radius 2 is 1.96 bits per heavy atom. The van der Waals surface area contributed by atoms with E-state index in [0.717, 1.165) is 31.4 Å². The molecular weight excluding hydrogens is 324 g/mol. The van der Waals surface area contributed by atoms with Gasteiger partial charge in [-0.15, -0.1) is 0 Å². The van der Waals surface area contributed by atoms with Crippen molar-refractivity contribution in [3.63, 3.8) is 0 Å². The van der Waals surface area contributed by atoms with Crippen molar-refractivity contribution in [3.05, 3.63) is 42.6 Å². The number of sulfonamides is 1. The Morgan fingerprint density at radius 3 is 2.54 bits per heavy atom. The van der Waals surface area contributed by atoms with E-state index >= 15 is 0 Å². The number of hydrogen-bond donors (Lipinski definition) is 1. The van der Waals surface area contributed by atoms with E-state index in [1.165, 1.54) is 0 Å². The Kier molecular flexibility index (Phi) is 5.01. The average Bonchev–Trinajstić information content (AvgIpc) is 3.25. The van der Waals surface area contributed by atoms with Crippen LogP contribution >= 0.6 is 0 Å². The van der Waals surface area contributed by atoms with Crippen LogP contribution < -0.4 is 4.72 Å². The lowest BCUT2D eigenvalue weighted by Crippen LogP contribution is -2.33. The van der Waals surface area contributed by atoms with E-state index in [2.05, 4.69) is 14.7 Å². The number of imidazole rings is 1. The molecule has 2 aromatic heterocycles. The molecule has 2 heterocycles. The summed E-state index contributed by atoms with van der Waals surface area (Å²) < 4.78 is 30.2. The average molecular weight is 348 g/mol. The Morgan fingerprint density at radius 1 is 1.21 bits per heavy atom. The molecule has 0 aliphatic heterocycles. The number of nitrogens with one attached hydrogen (secondary N) is 1. The van der Waals surface area contributed by atoms with Gasteiger partial charge in [0.05, 0.1) is 18.1 Å². The van der Waals surface area contributed by atoms with Gasteiger partial charge in [0.1, 0.15) is 0 Å². The van der Waals surface area contributed by atoms with Gasteiger partial charge in [0.25, 0.3) is 10.0 Å². The molecule has 6 nitrogen and oxygen atoms in total. The van der Waals surface area contributed by atoms with Gasteiger partial charge in [-0.1, -0.05) is 18.9 Å². The lowest BCUT2D eigenvalue weighted by Gasteiger charge is -2.23. The smallest absolute Gasteiger partial charge is 0.260 e. The van der Waals surface area contributed by atoms with Crippen molar-refractivity contribution in [2.75, 3.05) is 0 Å². The molecule has 0 spiro atoms. The summed E-state index contributed by atoms with van der Waals surface area (Å²) in [5.41, 5.74) is 0.774. The van der Waals surface area contributed by atoms with Crippen LogP contribution in [0.2, 0.25) is 0 Å². The van der Waals surface area contributed by atoms with Gasteiger partial charge in [-0.3, -0.25) is 4.98 Å². The zero-order valence-corrected chi connectivity index (χ0v) is 14.9. The minimum Gasteiger partial charge on any atom is -0.334 e. The number of aromatic nitrogens is 3. The van der Waals surface area contributed by atoms with Crippen LogP contribution in [0.15, 0.2) is 41.9 Å². The quantitative estimate of drug-likeness (QED) is 0.870. The van der Waals surface area contributed by atoms with Crippen LogP contribution in [0, 0.1) is 5.92 Å². The standard InChI is InChI=1S/C17H24N4O2S/c1-13(2)21-11-16(19-12-21)24(22,23)20-17(14-7-3-4-8-14)15-9-5-6-10-18-15/h5-6,9-14,17,20H,3-4,7-8H2,1-2H3/t17-/m1/s1. The third kappa shape index (κ3) is 3.67. The van der Waals surface area contributed by atoms with Crippen LogP contribution in [0.5, 0.6) is 0 Å². The van der Waals surface area contributed by atoms with Crippen LogP contribution in [0.25, 0.3) is 0 Å². The van der Waals surface area contributed by atoms with E-state index in [1.807, 2.05) is 32.0 Å². The molecule has 0 saturated heterocycles. The van der Waals surface area contributed by atoms with E-state index in [9.17, 15) is 8.42 Å². The molecule has 0 amide bonds. The molecule has 130 valence electrons. The van der Waals surface area contributed by atoms with Crippen molar-refractivity contribution in [1.82, 2.24) is 19.3 Å². The second kappa shape index (κ2) is 7.03. The Balaban J connectivity index is 1.88. The van der Waals surface area contributed by atoms with E-state index in [0.29, 0.717) is 0 Å². The van der Waals surface area contributed by atoms with Crippen LogP contribution in [0.3, 0.4) is 0 Å². The summed E-state index contributed by atoms with van der Waals surface area (Å²) in [7, 11) is -3.68. The van der Waals surface area contributed by atoms with Gasteiger partial charge < -0.3 is 4.57 Å². The first-order chi connectivity index (χ1) is 11.5. The van der Waals surface area contributed by atoms with Crippen LogP contribution in [0.1, 0.15) is 57.3 Å². The fraction of sp³-hybridized carbons (Fsp3) is 0.529. The molecule has 3 rings (SSSR count). The Hall–Kier alpha value is -1.73. The first kappa shape index (κ1) is 17.1. The molecule has 1 aliphatic rings. The second-order valence-electron chi connectivity index (χ2n) is 6.65. The highest BCUT2D eigenvalue weighted by Crippen LogP contribution is 2.35. The first-order valence-electron chi connectivity index (χ1n) is 8.44. The molecule has 1 fully saturated rings. The molecule has 7 heteroatoms. The van der Waals surface area contributed by atoms with Crippen molar-refractivity contribution < 1.29 is 8.42 Å². The summed E-state index contributed by atoms with van der Waals surface area (Å²) >= 11 is 0. The summed E-state index contributed by atoms with van der Waals surface area (Å²) in [5, 5.41) is 0.0649. The minimum absolute atomic E-state index is 0.0649. The van der Waals surface area contributed by atoms with Crippen molar-refractivity contribution >= 4 is 10.0 Å². The summed E-state index contributed by atoms with van der Waals surface area (Å²) in [5.74, 6) is 0.279. The van der Waals surface area contributed by atoms with Gasteiger partial charge in [-0.05, 0) is 44.7 Å². The highest BCUT2D eigenvalue weighted by atomic mass is 32.2. The summed E-state index contributed by atoms with van der Waals surface area (Å²) in [6.45, 7) is 3.97. The van der Waals surface area contributed by atoms with Gasteiger partial charge in [-0.25, -0.2) is 18.1 Å². The van der Waals surface area contributed by atoms with Gasteiger partial charge in [0.15, 0.2) is 5.03 Å². The normalized spacial score (nSPS) is 17.5. The Bertz CT molecular complexity index is 765. The van der Waals surface area contributed by atoms with Gasteiger partial charge in [0.2, 0.25) is 0 Å². The third-order valence-electron chi connectivity index (χ3n) is 4.61. The fourth-order valence-corrected chi connectivity index (χ4v) is 4.43. The number of rotatable bonds is 6. The number of hydrogen-bond acceptors (Lipinski definition) is 4. The zero-order valence-electron chi connectivity index (χ0n) is 14.1. The summed E-state index contributed by atoms with van der Waals surface area (Å²) in [4.78, 5) is 8.46. The highest BCUT2D eigenvalue weighted by Gasteiger charge is 2.32. The molecule has 0 aromatic carbocycles. The SMILES string of the molecule is CC(C)n1cnc(S(=O)(=O)N[C@@H](c2ccccn2)C2CCCC2)c1. The Labute approximate surface area is 143 Å². The topological polar surface area (TPSA) is 76.9 Å². The van der Waals surface area contributed by atoms with Gasteiger partial charge in [0, 0.05) is 18.4 Å². The maximum atomic E-state index is 12.8. The van der Waals surface area contributed by atoms with Crippen LogP contribution in [-0.4, -0.2) is 23.0 Å². The van der Waals surface area contributed by atoms with Crippen LogP contribution in [0.4, 0.5) is 0 Å². The number of nitrogens with zero attached hydrogens (tertiary/aromatic N) is 3. The molecule has 1 atom stereocenters. The molecule has 1 N–H and O–H groups in total. The molecular formula is C17H24N4O2S. The minimum atomic E-state index is -3.68. The molecule has 0 unspecified atom stereocenters. The summed E-state index contributed by atoms with van der Waals surface area (Å²) in [6.07, 6.45) is 9.16. The fourth-order valence-electron chi connectivity index (χ4n) is 3.22. The van der Waals surface area contributed by atoms with E-state index in [1.54, 1.807) is 23.3 Å². The third-order valence-corrected chi connectivity index (χ3v) is 5.93. The zero-order chi connectivity index (χ0) is 17.2. The molecule has 1 saturated carbocycles. The lowest BCUT2D eigenvalue weighted by atomic mass is 9.96. The maximum Gasteiger partial charge on any atom is 0.260 e. The molecule has 0 radical (unpaired) electrons. The van der Waals surface area contributed by atoms with Gasteiger partial charge in [-0.2, -0.15) is 0 Å². The molecule has 2 aromatic rings. The van der Waals surface area contributed by atoms with Crippen LogP contribution in [-0.2, 0) is 10.0 Å². The summed E-state index contributed by atoms with van der Waals surface area (Å²) in [6, 6.07) is 5.49. The second-order valence-corrected chi connectivity index (χ2v) is 8.31. The predicted molar refractivity (Wildman–Crippen MR) is 91.9 cm³/mol. The van der Waals surface area contributed by atoms with Crippen molar-refractivity contribution in [2.45, 2.75) is 56.6 Å². The van der Waals surface area contributed by atoms with E-state index in [-0.39, 0.29) is 23.0 Å². The molecule has 0 bridgehead atoms. The molecule has 24 heavy (non-hydrogen) atoms. The lowest BCUT2D eigenvalue weighted by molar-refractivity contribution is 0.402. The van der Waals surface area contributed by atoms with E-state index < -0.39 is 10.0 Å². The number of pyridine rings is 1. The largest absolute Gasteiger partial charge is 0.334 e. The van der Waals surface area contributed by atoms with Crippen molar-refractivity contribution in [2.24, 2.45) is 5.92 Å². The highest BCUT2D eigenvalue weighted by molar-refractivity contribution is 7.89. The maximum absolute atomic E-state index is 12.8. The van der Waals surface area contributed by atoms with Gasteiger partial charge >= 0.3 is 0 Å². The van der Waals surface area contributed by atoms with Crippen molar-refractivity contribution in [1.29, 1.82) is 0 Å². The van der Waals surface area contributed by atoms with E-state index in [4.69, 9.17) is 0 Å².